The number of rotatable bonds is 8. The van der Waals surface area contributed by atoms with Crippen molar-refractivity contribution in [3.63, 3.8) is 0 Å². The Labute approximate surface area is 230 Å². The molecule has 1 aliphatic rings. The molecule has 5 rings (SSSR count). The summed E-state index contributed by atoms with van der Waals surface area (Å²) in [6.45, 7) is 3.61. The van der Waals surface area contributed by atoms with Crippen molar-refractivity contribution in [2.24, 2.45) is 0 Å². The second-order valence-corrected chi connectivity index (χ2v) is 11.6. The molecule has 1 unspecified atom stereocenters. The molecule has 1 aliphatic carbocycles. The van der Waals surface area contributed by atoms with Gasteiger partial charge in [-0.05, 0) is 80.3 Å². The predicted octanol–water partition coefficient (Wildman–Crippen LogP) is 7.84. The first-order valence-electron chi connectivity index (χ1n) is 12.8. The van der Waals surface area contributed by atoms with Crippen LogP contribution in [0.15, 0.2) is 118 Å². The van der Waals surface area contributed by atoms with E-state index in [1.54, 1.807) is 6.08 Å². The SMILES string of the molecule is Cc1cc([S+](c2ccccc2)c2ccccc2)cc(C)c1OCC(=O)OC1(c2cc(F)cc(F)c2)C=CCC1. The van der Waals surface area contributed by atoms with E-state index in [0.29, 0.717) is 18.6 Å². The first kappa shape index (κ1) is 26.7. The van der Waals surface area contributed by atoms with E-state index in [1.165, 1.54) is 21.9 Å². The Bertz CT molecular complexity index is 1420. The van der Waals surface area contributed by atoms with Gasteiger partial charge in [0, 0.05) is 23.8 Å². The van der Waals surface area contributed by atoms with Gasteiger partial charge in [0.05, 0.1) is 10.9 Å². The van der Waals surface area contributed by atoms with Crippen LogP contribution in [-0.2, 0) is 26.0 Å². The fourth-order valence-corrected chi connectivity index (χ4v) is 7.24. The van der Waals surface area contributed by atoms with Gasteiger partial charge in [0.15, 0.2) is 26.9 Å². The summed E-state index contributed by atoms with van der Waals surface area (Å²) in [6, 6.07) is 28.2. The molecule has 0 saturated heterocycles. The van der Waals surface area contributed by atoms with Crippen molar-refractivity contribution in [2.75, 3.05) is 6.61 Å². The molecule has 0 N–H and O–H groups in total. The minimum Gasteiger partial charge on any atom is -0.481 e. The average Bonchev–Trinajstić information content (AvgIpc) is 3.39. The Morgan fingerprint density at radius 2 is 1.38 bits per heavy atom. The number of hydrogen-bond donors (Lipinski definition) is 0. The predicted molar refractivity (Wildman–Crippen MR) is 149 cm³/mol. The van der Waals surface area contributed by atoms with Gasteiger partial charge in [0.2, 0.25) is 0 Å². The van der Waals surface area contributed by atoms with Gasteiger partial charge in [0.25, 0.3) is 0 Å². The van der Waals surface area contributed by atoms with E-state index >= 15 is 0 Å². The van der Waals surface area contributed by atoms with Gasteiger partial charge in [-0.15, -0.1) is 0 Å². The Morgan fingerprint density at radius 1 is 0.821 bits per heavy atom. The van der Waals surface area contributed by atoms with Gasteiger partial charge >= 0.3 is 5.97 Å². The van der Waals surface area contributed by atoms with Gasteiger partial charge in [0.1, 0.15) is 17.4 Å². The van der Waals surface area contributed by atoms with Crippen molar-refractivity contribution in [1.82, 2.24) is 0 Å². The molecule has 6 heteroatoms. The molecule has 1 atom stereocenters. The minimum absolute atomic E-state index is 0.271. The maximum Gasteiger partial charge on any atom is 0.345 e. The molecule has 0 saturated carbocycles. The highest BCUT2D eigenvalue weighted by Crippen LogP contribution is 2.39. The summed E-state index contributed by atoms with van der Waals surface area (Å²) in [5.74, 6) is -1.42. The number of allylic oxidation sites excluding steroid dienone is 1. The summed E-state index contributed by atoms with van der Waals surface area (Å²) in [5, 5.41) is 0. The standard InChI is InChI=1S/C33H29F2O3S/c1-23-17-30(39(28-11-5-3-6-12-28)29-13-7-4-8-14-29)18-24(2)32(23)37-22-31(36)38-33(15-9-10-16-33)25-19-26(34)21-27(35)20-25/h3-9,11-15,17-21H,10,16,22H2,1-2H3/q+1. The molecule has 198 valence electrons. The van der Waals surface area contributed by atoms with E-state index in [2.05, 4.69) is 36.4 Å². The molecule has 4 aromatic carbocycles. The van der Waals surface area contributed by atoms with Crippen LogP contribution in [0.25, 0.3) is 0 Å². The number of ether oxygens (including phenoxy) is 2. The average molecular weight is 544 g/mol. The quantitative estimate of drug-likeness (QED) is 0.129. The lowest BCUT2D eigenvalue weighted by Crippen LogP contribution is -2.31. The van der Waals surface area contributed by atoms with Crippen LogP contribution in [-0.4, -0.2) is 12.6 Å². The normalized spacial score (nSPS) is 16.4. The van der Waals surface area contributed by atoms with Gasteiger partial charge in [-0.25, -0.2) is 13.6 Å². The van der Waals surface area contributed by atoms with Gasteiger partial charge < -0.3 is 9.47 Å². The molecule has 0 radical (unpaired) electrons. The third-order valence-electron chi connectivity index (χ3n) is 6.68. The lowest BCUT2D eigenvalue weighted by atomic mass is 9.92. The van der Waals surface area contributed by atoms with Crippen LogP contribution in [0, 0.1) is 25.5 Å². The van der Waals surface area contributed by atoms with Crippen molar-refractivity contribution in [2.45, 2.75) is 47.0 Å². The molecule has 3 nitrogen and oxygen atoms in total. The van der Waals surface area contributed by atoms with Gasteiger partial charge in [-0.1, -0.05) is 42.5 Å². The van der Waals surface area contributed by atoms with Crippen LogP contribution >= 0.6 is 0 Å². The first-order chi connectivity index (χ1) is 18.8. The maximum absolute atomic E-state index is 13.9. The molecule has 0 aliphatic heterocycles. The maximum atomic E-state index is 13.9. The molecule has 0 fully saturated rings. The molecular weight excluding hydrogens is 514 g/mol. The smallest absolute Gasteiger partial charge is 0.345 e. The molecule has 0 amide bonds. The number of benzene rings is 4. The van der Waals surface area contributed by atoms with Crippen molar-refractivity contribution >= 4 is 16.9 Å². The number of esters is 1. The van der Waals surface area contributed by atoms with Crippen LogP contribution in [0.1, 0.15) is 29.5 Å². The Hall–Kier alpha value is -3.90. The highest BCUT2D eigenvalue weighted by molar-refractivity contribution is 7.97. The fourth-order valence-electron chi connectivity index (χ4n) is 4.98. The van der Waals surface area contributed by atoms with Crippen molar-refractivity contribution < 1.29 is 23.0 Å². The van der Waals surface area contributed by atoms with Crippen molar-refractivity contribution in [3.05, 3.63) is 131 Å². The third kappa shape index (κ3) is 5.91. The summed E-state index contributed by atoms with van der Waals surface area (Å²) < 4.78 is 39.6. The lowest BCUT2D eigenvalue weighted by molar-refractivity contribution is -0.158. The van der Waals surface area contributed by atoms with E-state index < -0.39 is 23.2 Å². The molecular formula is C33H29F2O3S+. The zero-order valence-corrected chi connectivity index (χ0v) is 22.6. The number of aryl methyl sites for hydroxylation is 2. The molecule has 0 spiro atoms. The Balaban J connectivity index is 1.36. The zero-order chi connectivity index (χ0) is 27.4. The number of carbonyl (C=O) groups excluding carboxylic acids is 1. The Morgan fingerprint density at radius 3 is 1.90 bits per heavy atom. The summed E-state index contributed by atoms with van der Waals surface area (Å²) in [7, 11) is -0.306. The number of carbonyl (C=O) groups is 1. The Kier molecular flexibility index (Phi) is 7.84. The van der Waals surface area contributed by atoms with Crippen LogP contribution < -0.4 is 4.74 Å². The number of hydrogen-bond acceptors (Lipinski definition) is 3. The first-order valence-corrected chi connectivity index (χ1v) is 14.0. The van der Waals surface area contributed by atoms with Crippen LogP contribution in [0.4, 0.5) is 8.78 Å². The van der Waals surface area contributed by atoms with E-state index in [4.69, 9.17) is 9.47 Å². The largest absolute Gasteiger partial charge is 0.481 e. The highest BCUT2D eigenvalue weighted by Gasteiger charge is 2.37. The van der Waals surface area contributed by atoms with E-state index in [1.807, 2.05) is 56.3 Å². The third-order valence-corrected chi connectivity index (χ3v) is 8.87. The lowest BCUT2D eigenvalue weighted by Gasteiger charge is -2.28. The van der Waals surface area contributed by atoms with E-state index in [9.17, 15) is 13.6 Å². The molecule has 4 aromatic rings. The summed E-state index contributed by atoms with van der Waals surface area (Å²) in [6.07, 6.45) is 4.59. The van der Waals surface area contributed by atoms with Gasteiger partial charge in [-0.3, -0.25) is 0 Å². The summed E-state index contributed by atoms with van der Waals surface area (Å²) >= 11 is 0. The fraction of sp³-hybridized carbons (Fsp3) is 0.182. The summed E-state index contributed by atoms with van der Waals surface area (Å²) in [4.78, 5) is 16.5. The molecule has 0 aromatic heterocycles. The van der Waals surface area contributed by atoms with Crippen molar-refractivity contribution in [3.8, 4) is 5.75 Å². The van der Waals surface area contributed by atoms with Gasteiger partial charge in [-0.2, -0.15) is 0 Å². The van der Waals surface area contributed by atoms with Crippen LogP contribution in [0.3, 0.4) is 0 Å². The summed E-state index contributed by atoms with van der Waals surface area (Å²) in [5.41, 5.74) is 0.874. The molecule has 0 heterocycles. The second kappa shape index (κ2) is 11.5. The van der Waals surface area contributed by atoms with E-state index in [-0.39, 0.29) is 23.1 Å². The highest BCUT2D eigenvalue weighted by atomic mass is 32.2. The number of halogens is 2. The second-order valence-electron chi connectivity index (χ2n) is 9.57. The van der Waals surface area contributed by atoms with Crippen LogP contribution in [0.5, 0.6) is 5.75 Å². The minimum atomic E-state index is -1.21. The topological polar surface area (TPSA) is 35.5 Å². The van der Waals surface area contributed by atoms with E-state index in [0.717, 1.165) is 22.1 Å². The monoisotopic (exact) mass is 543 g/mol. The molecule has 39 heavy (non-hydrogen) atoms. The van der Waals surface area contributed by atoms with Crippen LogP contribution in [0.2, 0.25) is 0 Å². The van der Waals surface area contributed by atoms with Crippen molar-refractivity contribution in [1.29, 1.82) is 0 Å². The zero-order valence-electron chi connectivity index (χ0n) is 21.8. The molecule has 0 bridgehead atoms.